The topological polar surface area (TPSA) is 106 Å². The Morgan fingerprint density at radius 2 is 2.00 bits per heavy atom. The zero-order valence-corrected chi connectivity index (χ0v) is 19.4. The molecule has 2 aromatic carbocycles. The van der Waals surface area contributed by atoms with Crippen molar-refractivity contribution in [2.45, 2.75) is 24.7 Å². The number of nitrogens with zero attached hydrogens (tertiary/aromatic N) is 2. The zero-order chi connectivity index (χ0) is 23.6. The highest BCUT2D eigenvalue weighted by molar-refractivity contribution is 7.89. The van der Waals surface area contributed by atoms with E-state index in [0.29, 0.717) is 35.6 Å². The van der Waals surface area contributed by atoms with Gasteiger partial charge in [-0.2, -0.15) is 4.31 Å². The van der Waals surface area contributed by atoms with Gasteiger partial charge in [-0.05, 0) is 62.2 Å². The second-order valence-corrected chi connectivity index (χ2v) is 10.5. The standard InChI is InChI=1S/C22H22FN3O5S2/c1-2-31-21(28)14-5-10-18-19(12-14)32-22(24-18)25-20(27)15-4-3-11-26(13-15)33(29,30)17-8-6-16(23)7-9-17/h5-10,12,15H,2-4,11,13H2,1H3,(H,24,25,27). The largest absolute Gasteiger partial charge is 0.462 e. The van der Waals surface area contributed by atoms with Crippen LogP contribution in [-0.2, 0) is 19.6 Å². The van der Waals surface area contributed by atoms with Gasteiger partial charge in [0.05, 0.1) is 33.2 Å². The molecule has 1 atom stereocenters. The van der Waals surface area contributed by atoms with Crippen molar-refractivity contribution in [1.82, 2.24) is 9.29 Å². The molecular weight excluding hydrogens is 469 g/mol. The van der Waals surface area contributed by atoms with E-state index < -0.39 is 27.7 Å². The molecule has 0 aliphatic carbocycles. The second kappa shape index (κ2) is 9.54. The van der Waals surface area contributed by atoms with Crippen molar-refractivity contribution in [3.05, 3.63) is 53.8 Å². The molecule has 0 bridgehead atoms. The van der Waals surface area contributed by atoms with Crippen LogP contribution in [0.25, 0.3) is 10.2 Å². The van der Waals surface area contributed by atoms with Crippen LogP contribution in [0.5, 0.6) is 0 Å². The minimum atomic E-state index is -3.83. The first-order valence-electron chi connectivity index (χ1n) is 10.4. The van der Waals surface area contributed by atoms with Gasteiger partial charge in [0.15, 0.2) is 5.13 Å². The number of nitrogens with one attached hydrogen (secondary N) is 1. The minimum Gasteiger partial charge on any atom is -0.462 e. The molecule has 1 unspecified atom stereocenters. The van der Waals surface area contributed by atoms with Gasteiger partial charge in [-0.3, -0.25) is 4.79 Å². The number of benzene rings is 2. The van der Waals surface area contributed by atoms with E-state index in [1.165, 1.54) is 27.8 Å². The van der Waals surface area contributed by atoms with Crippen LogP contribution < -0.4 is 5.32 Å². The van der Waals surface area contributed by atoms with E-state index in [4.69, 9.17) is 4.74 Å². The van der Waals surface area contributed by atoms with E-state index in [-0.39, 0.29) is 24.0 Å². The Bertz CT molecular complexity index is 1290. The molecule has 11 heteroatoms. The molecule has 1 amide bonds. The maximum atomic E-state index is 13.2. The summed E-state index contributed by atoms with van der Waals surface area (Å²) in [4.78, 5) is 29.2. The third kappa shape index (κ3) is 5.05. The first-order chi connectivity index (χ1) is 15.8. The molecule has 0 radical (unpaired) electrons. The summed E-state index contributed by atoms with van der Waals surface area (Å²) in [6.07, 6.45) is 1.07. The molecule has 1 N–H and O–H groups in total. The fraction of sp³-hybridized carbons (Fsp3) is 0.318. The lowest BCUT2D eigenvalue weighted by atomic mass is 9.99. The van der Waals surface area contributed by atoms with Gasteiger partial charge in [0.25, 0.3) is 0 Å². The summed E-state index contributed by atoms with van der Waals surface area (Å²) in [6, 6.07) is 9.61. The highest BCUT2D eigenvalue weighted by Crippen LogP contribution is 2.29. The fourth-order valence-electron chi connectivity index (χ4n) is 3.66. The van der Waals surface area contributed by atoms with Gasteiger partial charge in [0.2, 0.25) is 15.9 Å². The van der Waals surface area contributed by atoms with Crippen molar-refractivity contribution in [3.63, 3.8) is 0 Å². The average Bonchev–Trinajstić information content (AvgIpc) is 3.21. The summed E-state index contributed by atoms with van der Waals surface area (Å²) in [6.45, 7) is 2.33. The number of halogens is 1. The number of ether oxygens (including phenoxy) is 1. The smallest absolute Gasteiger partial charge is 0.338 e. The molecule has 174 valence electrons. The van der Waals surface area contributed by atoms with Crippen LogP contribution in [0.2, 0.25) is 0 Å². The Balaban J connectivity index is 1.46. The normalized spacial score (nSPS) is 17.1. The first-order valence-corrected chi connectivity index (χ1v) is 12.7. The summed E-state index contributed by atoms with van der Waals surface area (Å²) in [5.41, 5.74) is 1.03. The maximum Gasteiger partial charge on any atom is 0.338 e. The summed E-state index contributed by atoms with van der Waals surface area (Å²) in [7, 11) is -3.83. The number of aromatic nitrogens is 1. The number of esters is 1. The van der Waals surface area contributed by atoms with Crippen molar-refractivity contribution in [3.8, 4) is 0 Å². The molecule has 8 nitrogen and oxygen atoms in total. The van der Waals surface area contributed by atoms with Gasteiger partial charge < -0.3 is 10.1 Å². The molecule has 1 aliphatic rings. The SMILES string of the molecule is CCOC(=O)c1ccc2nc(NC(=O)C3CCCN(S(=O)(=O)c4ccc(F)cc4)C3)sc2c1. The van der Waals surface area contributed by atoms with E-state index in [1.54, 1.807) is 25.1 Å². The number of sulfonamides is 1. The van der Waals surface area contributed by atoms with Crippen molar-refractivity contribution in [2.24, 2.45) is 5.92 Å². The molecule has 33 heavy (non-hydrogen) atoms. The molecule has 1 aromatic heterocycles. The lowest BCUT2D eigenvalue weighted by Crippen LogP contribution is -2.43. The Hall–Kier alpha value is -2.89. The number of piperidine rings is 1. The Morgan fingerprint density at radius 3 is 2.73 bits per heavy atom. The van der Waals surface area contributed by atoms with E-state index in [9.17, 15) is 22.4 Å². The molecule has 1 aliphatic heterocycles. The number of fused-ring (bicyclic) bond motifs is 1. The second-order valence-electron chi connectivity index (χ2n) is 7.57. The van der Waals surface area contributed by atoms with E-state index in [0.717, 1.165) is 16.8 Å². The zero-order valence-electron chi connectivity index (χ0n) is 17.8. The predicted molar refractivity (Wildman–Crippen MR) is 122 cm³/mol. The minimum absolute atomic E-state index is 0.00599. The van der Waals surface area contributed by atoms with Crippen LogP contribution >= 0.6 is 11.3 Å². The van der Waals surface area contributed by atoms with Crippen molar-refractivity contribution in [1.29, 1.82) is 0 Å². The monoisotopic (exact) mass is 491 g/mol. The molecule has 3 aromatic rings. The summed E-state index contributed by atoms with van der Waals surface area (Å²) in [5.74, 6) is -1.81. The number of amides is 1. The van der Waals surface area contributed by atoms with Gasteiger partial charge in [-0.25, -0.2) is 22.6 Å². The third-order valence-corrected chi connectivity index (χ3v) is 8.15. The van der Waals surface area contributed by atoms with Gasteiger partial charge in [0, 0.05) is 13.1 Å². The highest BCUT2D eigenvalue weighted by atomic mass is 32.2. The number of carbonyl (C=O) groups is 2. The summed E-state index contributed by atoms with van der Waals surface area (Å²) < 4.78 is 46.0. The van der Waals surface area contributed by atoms with Crippen LogP contribution in [0.15, 0.2) is 47.4 Å². The lowest BCUT2D eigenvalue weighted by molar-refractivity contribution is -0.120. The van der Waals surface area contributed by atoms with Crippen LogP contribution in [0, 0.1) is 11.7 Å². The number of rotatable bonds is 6. The number of hydrogen-bond donors (Lipinski definition) is 1. The van der Waals surface area contributed by atoms with Gasteiger partial charge in [-0.1, -0.05) is 11.3 Å². The van der Waals surface area contributed by atoms with Crippen molar-refractivity contribution >= 4 is 48.6 Å². The van der Waals surface area contributed by atoms with Crippen molar-refractivity contribution in [2.75, 3.05) is 25.0 Å². The summed E-state index contributed by atoms with van der Waals surface area (Å²) in [5, 5.41) is 3.15. The van der Waals surface area contributed by atoms with E-state index in [1.807, 2.05) is 0 Å². The van der Waals surface area contributed by atoms with Crippen LogP contribution in [0.1, 0.15) is 30.1 Å². The number of thiazole rings is 1. The molecular formula is C22H22FN3O5S2. The molecule has 0 spiro atoms. The van der Waals surface area contributed by atoms with E-state index in [2.05, 4.69) is 10.3 Å². The molecule has 1 fully saturated rings. The highest BCUT2D eigenvalue weighted by Gasteiger charge is 2.33. The molecule has 2 heterocycles. The van der Waals surface area contributed by atoms with Crippen LogP contribution in [-0.4, -0.2) is 49.3 Å². The third-order valence-electron chi connectivity index (χ3n) is 5.34. The number of hydrogen-bond acceptors (Lipinski definition) is 7. The van der Waals surface area contributed by atoms with Crippen LogP contribution in [0.3, 0.4) is 0 Å². The maximum absolute atomic E-state index is 13.2. The molecule has 0 saturated carbocycles. The lowest BCUT2D eigenvalue weighted by Gasteiger charge is -2.31. The summed E-state index contributed by atoms with van der Waals surface area (Å²) >= 11 is 1.23. The number of anilines is 1. The average molecular weight is 492 g/mol. The molecule has 4 rings (SSSR count). The Morgan fingerprint density at radius 1 is 1.24 bits per heavy atom. The van der Waals surface area contributed by atoms with Crippen LogP contribution in [0.4, 0.5) is 9.52 Å². The van der Waals surface area contributed by atoms with E-state index >= 15 is 0 Å². The fourth-order valence-corrected chi connectivity index (χ4v) is 6.09. The number of carbonyl (C=O) groups excluding carboxylic acids is 2. The Kier molecular flexibility index (Phi) is 6.73. The first kappa shape index (κ1) is 23.3. The quantitative estimate of drug-likeness (QED) is 0.528. The van der Waals surface area contributed by atoms with Gasteiger partial charge >= 0.3 is 5.97 Å². The Labute approximate surface area is 194 Å². The van der Waals surface area contributed by atoms with Gasteiger partial charge in [-0.15, -0.1) is 0 Å². The van der Waals surface area contributed by atoms with Crippen molar-refractivity contribution < 1.29 is 27.1 Å². The molecule has 1 saturated heterocycles. The predicted octanol–water partition coefficient (Wildman–Crippen LogP) is 3.65. The van der Waals surface area contributed by atoms with Gasteiger partial charge in [0.1, 0.15) is 5.82 Å².